The Kier molecular flexibility index (Phi) is 8.12. The minimum Gasteiger partial charge on any atom is -0.390 e. The van der Waals surface area contributed by atoms with Crippen LogP contribution in [0, 0.1) is 5.92 Å². The van der Waals surface area contributed by atoms with Crippen LogP contribution in [-0.2, 0) is 6.54 Å². The van der Waals surface area contributed by atoms with Crippen molar-refractivity contribution in [3.05, 3.63) is 106 Å². The van der Waals surface area contributed by atoms with Crippen LogP contribution in [0.2, 0.25) is 5.02 Å². The van der Waals surface area contributed by atoms with Crippen LogP contribution in [0.25, 0.3) is 0 Å². The smallest absolute Gasteiger partial charge is 0.261 e. The summed E-state index contributed by atoms with van der Waals surface area (Å²) in [4.78, 5) is 34.1. The number of amides is 2. The van der Waals surface area contributed by atoms with Gasteiger partial charge in [0.2, 0.25) is 0 Å². The highest BCUT2D eigenvalue weighted by Gasteiger charge is 2.37. The number of nitrogens with one attached hydrogen (secondary N) is 1. The molecule has 0 saturated carbocycles. The summed E-state index contributed by atoms with van der Waals surface area (Å²) < 4.78 is 0. The summed E-state index contributed by atoms with van der Waals surface area (Å²) >= 11 is 6.29. The molecule has 2 N–H and O–H groups in total. The standard InChI is InChI=1S/C31H33ClN4O3/c1-20(2)28(33-16-24(37)18-36-30(38)25-13-6-7-14-26(25)31(36)39)29-34-27(22-11-8-12-23(32)15-22)19-35(29)17-21-9-4-3-5-10-21/h3-15,20,24,27-28,33,37H,16-19H2,1-2H3/t24?,27?,28-/m1/s1. The molecule has 2 aliphatic rings. The molecular weight excluding hydrogens is 512 g/mol. The fourth-order valence-corrected chi connectivity index (χ4v) is 5.47. The number of hydrogen-bond donors (Lipinski definition) is 2. The third kappa shape index (κ3) is 5.91. The topological polar surface area (TPSA) is 85.2 Å². The second-order valence-corrected chi connectivity index (χ2v) is 10.9. The molecule has 0 spiro atoms. The highest BCUT2D eigenvalue weighted by molar-refractivity contribution is 6.30. The maximum Gasteiger partial charge on any atom is 0.261 e. The number of aliphatic hydroxyl groups excluding tert-OH is 1. The van der Waals surface area contributed by atoms with Crippen molar-refractivity contribution in [2.75, 3.05) is 19.6 Å². The number of carbonyl (C=O) groups is 2. The molecule has 8 heteroatoms. The molecule has 2 heterocycles. The molecule has 7 nitrogen and oxygen atoms in total. The van der Waals surface area contributed by atoms with Crippen LogP contribution in [0.1, 0.15) is 51.7 Å². The van der Waals surface area contributed by atoms with Crippen LogP contribution in [0.4, 0.5) is 0 Å². The Balaban J connectivity index is 1.32. The number of imide groups is 1. The lowest BCUT2D eigenvalue weighted by atomic mass is 10.0. The van der Waals surface area contributed by atoms with Crippen molar-refractivity contribution in [1.82, 2.24) is 15.1 Å². The summed E-state index contributed by atoms with van der Waals surface area (Å²) in [6.07, 6.45) is -0.929. The fraction of sp³-hybridized carbons (Fsp3) is 0.323. The van der Waals surface area contributed by atoms with Gasteiger partial charge in [0.25, 0.3) is 11.8 Å². The van der Waals surface area contributed by atoms with Crippen LogP contribution in [0.5, 0.6) is 0 Å². The largest absolute Gasteiger partial charge is 0.390 e. The summed E-state index contributed by atoms with van der Waals surface area (Å²) in [5, 5.41) is 15.1. The van der Waals surface area contributed by atoms with E-state index in [4.69, 9.17) is 16.6 Å². The number of rotatable bonds is 10. The van der Waals surface area contributed by atoms with Gasteiger partial charge in [0.1, 0.15) is 5.84 Å². The average molecular weight is 545 g/mol. The highest BCUT2D eigenvalue weighted by Crippen LogP contribution is 2.30. The lowest BCUT2D eigenvalue weighted by Crippen LogP contribution is -2.51. The predicted molar refractivity (Wildman–Crippen MR) is 153 cm³/mol. The summed E-state index contributed by atoms with van der Waals surface area (Å²) in [6.45, 7) is 5.78. The molecule has 2 amide bonds. The number of aliphatic hydroxyl groups is 1. The van der Waals surface area contributed by atoms with E-state index in [2.05, 4.69) is 36.2 Å². The van der Waals surface area contributed by atoms with Gasteiger partial charge in [0, 0.05) is 24.7 Å². The third-order valence-corrected chi connectivity index (χ3v) is 7.48. The molecule has 39 heavy (non-hydrogen) atoms. The number of hydrogen-bond acceptors (Lipinski definition) is 6. The third-order valence-electron chi connectivity index (χ3n) is 7.24. The van der Waals surface area contributed by atoms with E-state index in [-0.39, 0.29) is 42.9 Å². The molecule has 0 radical (unpaired) electrons. The van der Waals surface area contributed by atoms with Gasteiger partial charge in [0.15, 0.2) is 0 Å². The predicted octanol–water partition coefficient (Wildman–Crippen LogP) is 4.57. The molecule has 0 bridgehead atoms. The van der Waals surface area contributed by atoms with E-state index in [1.54, 1.807) is 24.3 Å². The molecule has 0 aliphatic carbocycles. The first kappa shape index (κ1) is 27.1. The highest BCUT2D eigenvalue weighted by atomic mass is 35.5. The number of fused-ring (bicyclic) bond motifs is 1. The lowest BCUT2D eigenvalue weighted by molar-refractivity contribution is 0.0541. The summed E-state index contributed by atoms with van der Waals surface area (Å²) in [5.41, 5.74) is 3.01. The van der Waals surface area contributed by atoms with Crippen molar-refractivity contribution in [2.24, 2.45) is 10.9 Å². The van der Waals surface area contributed by atoms with E-state index in [9.17, 15) is 14.7 Å². The monoisotopic (exact) mass is 544 g/mol. The van der Waals surface area contributed by atoms with E-state index >= 15 is 0 Å². The first-order valence-corrected chi connectivity index (χ1v) is 13.7. The molecule has 3 aromatic carbocycles. The van der Waals surface area contributed by atoms with Crippen LogP contribution in [0.15, 0.2) is 83.9 Å². The molecular formula is C31H33ClN4O3. The average Bonchev–Trinajstić information content (AvgIpc) is 3.44. The maximum atomic E-state index is 12.7. The number of β-amino-alcohol motifs (C(OH)–C–C–N with tert-alkyl or cyclic N) is 1. The molecule has 3 atom stereocenters. The van der Waals surface area contributed by atoms with Gasteiger partial charge in [-0.3, -0.25) is 19.5 Å². The van der Waals surface area contributed by atoms with Gasteiger partial charge < -0.3 is 15.3 Å². The summed E-state index contributed by atoms with van der Waals surface area (Å²) in [5.74, 6) is 0.362. The van der Waals surface area contributed by atoms with Crippen molar-refractivity contribution in [1.29, 1.82) is 0 Å². The molecule has 2 aliphatic heterocycles. The fourth-order valence-electron chi connectivity index (χ4n) is 5.27. The van der Waals surface area contributed by atoms with Gasteiger partial charge in [-0.1, -0.05) is 80.0 Å². The first-order chi connectivity index (χ1) is 18.8. The molecule has 2 unspecified atom stereocenters. The zero-order chi connectivity index (χ0) is 27.5. The van der Waals surface area contributed by atoms with Crippen molar-refractivity contribution in [3.8, 4) is 0 Å². The Morgan fingerprint density at radius 1 is 0.974 bits per heavy atom. The molecule has 0 aromatic heterocycles. The van der Waals surface area contributed by atoms with Crippen molar-refractivity contribution >= 4 is 29.3 Å². The minimum atomic E-state index is -0.929. The van der Waals surface area contributed by atoms with Crippen molar-refractivity contribution in [2.45, 2.75) is 38.6 Å². The SMILES string of the molecule is CC(C)[C@@H](NCC(O)CN1C(=O)c2ccccc2C1=O)C1=NC(c2cccc(Cl)c2)CN1Cc1ccccc1. The van der Waals surface area contributed by atoms with Crippen LogP contribution < -0.4 is 5.32 Å². The number of aliphatic imine (C=N–C) groups is 1. The Labute approximate surface area is 234 Å². The van der Waals surface area contributed by atoms with Crippen LogP contribution in [-0.4, -0.2) is 64.3 Å². The molecule has 0 saturated heterocycles. The van der Waals surface area contributed by atoms with Crippen LogP contribution >= 0.6 is 11.6 Å². The Hall–Kier alpha value is -3.52. The lowest BCUT2D eigenvalue weighted by Gasteiger charge is -2.31. The van der Waals surface area contributed by atoms with E-state index in [0.29, 0.717) is 29.2 Å². The Morgan fingerprint density at radius 2 is 1.64 bits per heavy atom. The zero-order valence-corrected chi connectivity index (χ0v) is 22.9. The van der Waals surface area contributed by atoms with Crippen LogP contribution in [0.3, 0.4) is 0 Å². The van der Waals surface area contributed by atoms with Gasteiger partial charge in [-0.05, 0) is 41.3 Å². The number of amidine groups is 1. The minimum absolute atomic E-state index is 0.0614. The second kappa shape index (κ2) is 11.7. The van der Waals surface area contributed by atoms with E-state index in [0.717, 1.165) is 16.3 Å². The molecule has 3 aromatic rings. The molecule has 202 valence electrons. The van der Waals surface area contributed by atoms with Gasteiger partial charge in [-0.2, -0.15) is 0 Å². The van der Waals surface area contributed by atoms with E-state index in [1.807, 2.05) is 42.5 Å². The Bertz CT molecular complexity index is 1340. The quantitative estimate of drug-likeness (QED) is 0.365. The number of halogens is 1. The summed E-state index contributed by atoms with van der Waals surface area (Å²) in [6, 6.07) is 24.6. The van der Waals surface area contributed by atoms with Crippen molar-refractivity contribution < 1.29 is 14.7 Å². The second-order valence-electron chi connectivity index (χ2n) is 10.5. The van der Waals surface area contributed by atoms with E-state index < -0.39 is 6.10 Å². The normalized spacial score (nSPS) is 18.5. The summed E-state index contributed by atoms with van der Waals surface area (Å²) in [7, 11) is 0. The molecule has 0 fully saturated rings. The van der Waals surface area contributed by atoms with Gasteiger partial charge in [-0.25, -0.2) is 0 Å². The van der Waals surface area contributed by atoms with Gasteiger partial charge in [0.05, 0.1) is 35.9 Å². The van der Waals surface area contributed by atoms with Gasteiger partial charge in [-0.15, -0.1) is 0 Å². The maximum absolute atomic E-state index is 12.7. The number of benzene rings is 3. The zero-order valence-electron chi connectivity index (χ0n) is 22.1. The Morgan fingerprint density at radius 3 is 2.28 bits per heavy atom. The van der Waals surface area contributed by atoms with E-state index in [1.165, 1.54) is 5.56 Å². The van der Waals surface area contributed by atoms with Gasteiger partial charge >= 0.3 is 0 Å². The van der Waals surface area contributed by atoms with Crippen molar-refractivity contribution in [3.63, 3.8) is 0 Å². The molecule has 5 rings (SSSR count). The number of carbonyl (C=O) groups excluding carboxylic acids is 2. The number of nitrogens with zero attached hydrogens (tertiary/aromatic N) is 3. The first-order valence-electron chi connectivity index (χ1n) is 13.3.